The molecule has 0 atom stereocenters. The summed E-state index contributed by atoms with van der Waals surface area (Å²) in [6.45, 7) is 6.80. The Kier molecular flexibility index (Phi) is 3.15. The first-order chi connectivity index (χ1) is 5.97. The van der Waals surface area contributed by atoms with Gasteiger partial charge in [0.05, 0.1) is 0 Å². The van der Waals surface area contributed by atoms with Gasteiger partial charge in [0.1, 0.15) is 6.29 Å². The summed E-state index contributed by atoms with van der Waals surface area (Å²) in [5.41, 5.74) is 0.487. The minimum atomic E-state index is -0.0174. The van der Waals surface area contributed by atoms with E-state index in [9.17, 15) is 4.79 Å². The third kappa shape index (κ3) is 3.13. The highest BCUT2D eigenvalue weighted by atomic mass is 16.1. The molecule has 0 aromatic carbocycles. The molecule has 1 saturated carbocycles. The average Bonchev–Trinajstić information content (AvgIpc) is 2.01. The van der Waals surface area contributed by atoms with E-state index in [4.69, 9.17) is 0 Å². The molecule has 0 bridgehead atoms. The highest BCUT2D eigenvalue weighted by Gasteiger charge is 2.28. The smallest absolute Gasteiger partial charge is 0.125 e. The lowest BCUT2D eigenvalue weighted by atomic mass is 9.72. The molecule has 0 aromatic heterocycles. The highest BCUT2D eigenvalue weighted by molar-refractivity contribution is 5.58. The standard InChI is InChI=1S/C12H22O/c1-11(2)6-4-8-12(3,10-13)9-5-7-11/h10H,4-9H2,1-3H3. The van der Waals surface area contributed by atoms with Gasteiger partial charge in [-0.05, 0) is 31.1 Å². The maximum Gasteiger partial charge on any atom is 0.125 e. The summed E-state index contributed by atoms with van der Waals surface area (Å²) in [4.78, 5) is 10.9. The van der Waals surface area contributed by atoms with Gasteiger partial charge in [-0.1, -0.05) is 33.6 Å². The second kappa shape index (κ2) is 3.81. The van der Waals surface area contributed by atoms with Crippen molar-refractivity contribution in [1.82, 2.24) is 0 Å². The predicted molar refractivity (Wildman–Crippen MR) is 55.7 cm³/mol. The van der Waals surface area contributed by atoms with Crippen LogP contribution >= 0.6 is 0 Å². The monoisotopic (exact) mass is 182 g/mol. The molecule has 1 fully saturated rings. The lowest BCUT2D eigenvalue weighted by molar-refractivity contribution is -0.116. The molecule has 0 amide bonds. The SMILES string of the molecule is CC1(C)CCCC(C)(C=O)CCC1. The van der Waals surface area contributed by atoms with Crippen molar-refractivity contribution >= 4 is 6.29 Å². The zero-order valence-electron chi connectivity index (χ0n) is 9.23. The number of carbonyl (C=O) groups is 1. The van der Waals surface area contributed by atoms with Crippen LogP contribution in [0.15, 0.2) is 0 Å². The maximum absolute atomic E-state index is 10.9. The van der Waals surface area contributed by atoms with E-state index in [2.05, 4.69) is 20.8 Å². The summed E-state index contributed by atoms with van der Waals surface area (Å²) in [5.74, 6) is 0. The Morgan fingerprint density at radius 3 is 1.77 bits per heavy atom. The van der Waals surface area contributed by atoms with E-state index in [1.165, 1.54) is 32.0 Å². The average molecular weight is 182 g/mol. The number of hydrogen-bond donors (Lipinski definition) is 0. The third-order valence-corrected chi connectivity index (χ3v) is 3.49. The molecule has 0 saturated heterocycles. The van der Waals surface area contributed by atoms with Crippen LogP contribution in [-0.2, 0) is 4.79 Å². The van der Waals surface area contributed by atoms with Crippen LogP contribution < -0.4 is 0 Å². The Hall–Kier alpha value is -0.330. The molecule has 13 heavy (non-hydrogen) atoms. The van der Waals surface area contributed by atoms with Gasteiger partial charge in [0.2, 0.25) is 0 Å². The van der Waals surface area contributed by atoms with Gasteiger partial charge in [0.25, 0.3) is 0 Å². The molecular formula is C12H22O. The number of rotatable bonds is 1. The van der Waals surface area contributed by atoms with E-state index in [1.54, 1.807) is 0 Å². The van der Waals surface area contributed by atoms with Crippen molar-refractivity contribution in [2.45, 2.75) is 59.3 Å². The zero-order valence-corrected chi connectivity index (χ0v) is 9.23. The summed E-state index contributed by atoms with van der Waals surface area (Å²) in [6, 6.07) is 0. The molecule has 0 radical (unpaired) electrons. The molecule has 1 heteroatoms. The molecule has 1 aliphatic carbocycles. The number of aldehydes is 1. The van der Waals surface area contributed by atoms with Crippen LogP contribution in [-0.4, -0.2) is 6.29 Å². The molecule has 0 unspecified atom stereocenters. The van der Waals surface area contributed by atoms with Crippen molar-refractivity contribution in [3.05, 3.63) is 0 Å². The van der Waals surface area contributed by atoms with Gasteiger partial charge in [-0.2, -0.15) is 0 Å². The minimum Gasteiger partial charge on any atom is -0.303 e. The summed E-state index contributed by atoms with van der Waals surface area (Å²) in [6.07, 6.45) is 8.31. The van der Waals surface area contributed by atoms with Gasteiger partial charge >= 0.3 is 0 Å². The number of carbonyl (C=O) groups excluding carboxylic acids is 1. The van der Waals surface area contributed by atoms with Gasteiger partial charge in [-0.15, -0.1) is 0 Å². The van der Waals surface area contributed by atoms with Gasteiger partial charge in [-0.25, -0.2) is 0 Å². The molecule has 1 aliphatic rings. The van der Waals surface area contributed by atoms with E-state index in [0.29, 0.717) is 5.41 Å². The van der Waals surface area contributed by atoms with Crippen molar-refractivity contribution in [1.29, 1.82) is 0 Å². The molecule has 1 nitrogen and oxygen atoms in total. The summed E-state index contributed by atoms with van der Waals surface area (Å²) < 4.78 is 0. The third-order valence-electron chi connectivity index (χ3n) is 3.49. The largest absolute Gasteiger partial charge is 0.303 e. The van der Waals surface area contributed by atoms with Gasteiger partial charge in [-0.3, -0.25) is 0 Å². The Labute approximate surface area is 81.9 Å². The molecule has 0 aromatic rings. The Morgan fingerprint density at radius 2 is 1.38 bits per heavy atom. The predicted octanol–water partition coefficient (Wildman–Crippen LogP) is 3.57. The van der Waals surface area contributed by atoms with Crippen molar-refractivity contribution in [3.8, 4) is 0 Å². The normalized spacial score (nSPS) is 27.3. The van der Waals surface area contributed by atoms with E-state index in [-0.39, 0.29) is 5.41 Å². The van der Waals surface area contributed by atoms with Crippen LogP contribution in [0.2, 0.25) is 0 Å². The molecule has 1 rings (SSSR count). The Bertz CT molecular complexity index is 170. The first kappa shape index (κ1) is 10.7. The fraction of sp³-hybridized carbons (Fsp3) is 0.917. The molecule has 76 valence electrons. The van der Waals surface area contributed by atoms with Crippen LogP contribution in [0.25, 0.3) is 0 Å². The summed E-state index contributed by atoms with van der Waals surface area (Å²) >= 11 is 0. The van der Waals surface area contributed by atoms with E-state index < -0.39 is 0 Å². The zero-order chi connectivity index (χ0) is 9.95. The molecule has 0 N–H and O–H groups in total. The van der Waals surface area contributed by atoms with E-state index in [0.717, 1.165) is 12.8 Å². The summed E-state index contributed by atoms with van der Waals surface area (Å²) in [7, 11) is 0. The lowest BCUT2D eigenvalue weighted by Crippen LogP contribution is -2.23. The Balaban J connectivity index is 2.53. The van der Waals surface area contributed by atoms with Crippen molar-refractivity contribution in [2.24, 2.45) is 10.8 Å². The first-order valence-corrected chi connectivity index (χ1v) is 5.44. The van der Waals surface area contributed by atoms with Crippen LogP contribution in [0, 0.1) is 10.8 Å². The minimum absolute atomic E-state index is 0.0174. The van der Waals surface area contributed by atoms with Gasteiger partial charge in [0.15, 0.2) is 0 Å². The van der Waals surface area contributed by atoms with Crippen molar-refractivity contribution < 1.29 is 4.79 Å². The van der Waals surface area contributed by atoms with Gasteiger partial charge < -0.3 is 4.79 Å². The lowest BCUT2D eigenvalue weighted by Gasteiger charge is -2.32. The van der Waals surface area contributed by atoms with Gasteiger partial charge in [0, 0.05) is 5.41 Å². The first-order valence-electron chi connectivity index (χ1n) is 5.44. The maximum atomic E-state index is 10.9. The molecular weight excluding hydrogens is 160 g/mol. The second-order valence-electron chi connectivity index (χ2n) is 5.64. The van der Waals surface area contributed by atoms with Crippen LogP contribution in [0.5, 0.6) is 0 Å². The topological polar surface area (TPSA) is 17.1 Å². The van der Waals surface area contributed by atoms with Crippen LogP contribution in [0.1, 0.15) is 59.3 Å². The molecule has 0 heterocycles. The molecule has 0 spiro atoms. The molecule has 0 aliphatic heterocycles. The number of hydrogen-bond acceptors (Lipinski definition) is 1. The van der Waals surface area contributed by atoms with E-state index in [1.807, 2.05) is 0 Å². The van der Waals surface area contributed by atoms with Crippen LogP contribution in [0.3, 0.4) is 0 Å². The van der Waals surface area contributed by atoms with E-state index >= 15 is 0 Å². The second-order valence-corrected chi connectivity index (χ2v) is 5.64. The van der Waals surface area contributed by atoms with Crippen LogP contribution in [0.4, 0.5) is 0 Å². The van der Waals surface area contributed by atoms with Crippen molar-refractivity contribution in [2.75, 3.05) is 0 Å². The Morgan fingerprint density at radius 1 is 0.923 bits per heavy atom. The highest BCUT2D eigenvalue weighted by Crippen LogP contribution is 2.38. The van der Waals surface area contributed by atoms with Crippen molar-refractivity contribution in [3.63, 3.8) is 0 Å². The fourth-order valence-electron chi connectivity index (χ4n) is 2.31. The fourth-order valence-corrected chi connectivity index (χ4v) is 2.31. The summed E-state index contributed by atoms with van der Waals surface area (Å²) in [5, 5.41) is 0. The quantitative estimate of drug-likeness (QED) is 0.566.